The number of nitrogens with zero attached hydrogens (tertiary/aromatic N) is 1. The zero-order chi connectivity index (χ0) is 14.4. The summed E-state index contributed by atoms with van der Waals surface area (Å²) in [6.07, 6.45) is 2.67. The Balaban J connectivity index is 2.15. The highest BCUT2D eigenvalue weighted by Gasteiger charge is 2.63. The second-order valence-electron chi connectivity index (χ2n) is 5.89. The third-order valence-corrected chi connectivity index (χ3v) is 4.70. The van der Waals surface area contributed by atoms with Crippen LogP contribution in [0.2, 0.25) is 0 Å². The number of aliphatic imine (C=N–C) groups is 1. The van der Waals surface area contributed by atoms with Crippen LogP contribution in [0.1, 0.15) is 31.7 Å². The van der Waals surface area contributed by atoms with Gasteiger partial charge in [0, 0.05) is 5.92 Å². The molecule has 0 aromatic heterocycles. The molecule has 0 saturated heterocycles. The van der Waals surface area contributed by atoms with Gasteiger partial charge in [0.1, 0.15) is 0 Å². The van der Waals surface area contributed by atoms with E-state index in [-0.39, 0.29) is 11.5 Å². The Bertz CT molecular complexity index is 568. The van der Waals surface area contributed by atoms with Gasteiger partial charge in [-0.15, -0.1) is 0 Å². The van der Waals surface area contributed by atoms with Crippen molar-refractivity contribution in [3.63, 3.8) is 0 Å². The summed E-state index contributed by atoms with van der Waals surface area (Å²) in [5.41, 5.74) is -0.747. The minimum absolute atomic E-state index is 0.197. The molecular weight excluding hydrogens is 254 g/mol. The molecule has 1 aromatic carbocycles. The summed E-state index contributed by atoms with van der Waals surface area (Å²) in [6, 6.07) is 9.41. The molecule has 0 bridgehead atoms. The van der Waals surface area contributed by atoms with E-state index in [2.05, 4.69) is 0 Å². The minimum atomic E-state index is -1.62. The third kappa shape index (κ3) is 1.64. The van der Waals surface area contributed by atoms with Crippen LogP contribution < -0.4 is 0 Å². The van der Waals surface area contributed by atoms with E-state index in [1.807, 2.05) is 37.3 Å². The highest BCUT2D eigenvalue weighted by molar-refractivity contribution is 6.20. The smallest absolute Gasteiger partial charge is 0.344 e. The van der Waals surface area contributed by atoms with Crippen LogP contribution in [-0.2, 0) is 9.53 Å². The molecule has 3 unspecified atom stereocenters. The normalized spacial score (nSPS) is 35.5. The van der Waals surface area contributed by atoms with Gasteiger partial charge in [-0.25, -0.2) is 4.79 Å². The molecule has 3 atom stereocenters. The van der Waals surface area contributed by atoms with Gasteiger partial charge in [0.2, 0.25) is 5.60 Å². The lowest BCUT2D eigenvalue weighted by molar-refractivity contribution is -0.159. The van der Waals surface area contributed by atoms with Crippen molar-refractivity contribution in [2.75, 3.05) is 7.11 Å². The van der Waals surface area contributed by atoms with E-state index in [4.69, 9.17) is 9.73 Å². The van der Waals surface area contributed by atoms with Gasteiger partial charge in [-0.1, -0.05) is 36.8 Å². The van der Waals surface area contributed by atoms with Gasteiger partial charge in [0.25, 0.3) is 0 Å². The molecule has 0 radical (unpaired) electrons. The van der Waals surface area contributed by atoms with Crippen LogP contribution in [0.4, 0.5) is 0 Å². The first kappa shape index (κ1) is 13.3. The predicted octanol–water partition coefficient (Wildman–Crippen LogP) is 1.95. The first-order valence-electron chi connectivity index (χ1n) is 6.99. The number of methoxy groups -OCH3 is 1. The molecule has 20 heavy (non-hydrogen) atoms. The number of carbonyl (C=O) groups is 1. The van der Waals surface area contributed by atoms with Crippen molar-refractivity contribution < 1.29 is 14.6 Å². The van der Waals surface area contributed by atoms with Gasteiger partial charge in [0.15, 0.2) is 0 Å². The number of benzene rings is 1. The van der Waals surface area contributed by atoms with Crippen LogP contribution in [0, 0.1) is 5.92 Å². The average Bonchev–Trinajstić information content (AvgIpc) is 2.95. The topological polar surface area (TPSA) is 58.9 Å². The zero-order valence-corrected chi connectivity index (χ0v) is 11.8. The number of esters is 1. The molecule has 1 aliphatic carbocycles. The Morgan fingerprint density at radius 1 is 1.40 bits per heavy atom. The molecule has 106 valence electrons. The number of hydrogen-bond acceptors (Lipinski definition) is 4. The van der Waals surface area contributed by atoms with Gasteiger partial charge in [0.05, 0.1) is 18.4 Å². The Labute approximate surface area is 118 Å². The van der Waals surface area contributed by atoms with Crippen molar-refractivity contribution in [1.82, 2.24) is 0 Å². The molecule has 4 nitrogen and oxygen atoms in total. The van der Waals surface area contributed by atoms with Crippen LogP contribution >= 0.6 is 0 Å². The predicted molar refractivity (Wildman–Crippen MR) is 75.7 cm³/mol. The van der Waals surface area contributed by atoms with E-state index in [0.717, 1.165) is 24.8 Å². The number of carbonyl (C=O) groups excluding carboxylic acids is 1. The van der Waals surface area contributed by atoms with E-state index in [0.29, 0.717) is 5.71 Å². The fourth-order valence-corrected chi connectivity index (χ4v) is 3.72. The molecule has 1 aliphatic heterocycles. The van der Waals surface area contributed by atoms with Crippen LogP contribution in [0.25, 0.3) is 0 Å². The summed E-state index contributed by atoms with van der Waals surface area (Å²) < 4.78 is 4.87. The number of ether oxygens (including phenoxy) is 1. The van der Waals surface area contributed by atoms with E-state index in [1.165, 1.54) is 7.11 Å². The van der Waals surface area contributed by atoms with Gasteiger partial charge >= 0.3 is 5.97 Å². The number of aliphatic hydroxyl groups is 1. The first-order valence-corrected chi connectivity index (χ1v) is 6.99. The van der Waals surface area contributed by atoms with Crippen LogP contribution in [0.3, 0.4) is 0 Å². The summed E-state index contributed by atoms with van der Waals surface area (Å²) in [6.45, 7) is 2.02. The van der Waals surface area contributed by atoms with E-state index < -0.39 is 11.6 Å². The molecule has 1 saturated carbocycles. The quantitative estimate of drug-likeness (QED) is 0.838. The van der Waals surface area contributed by atoms with Gasteiger partial charge in [-0.05, 0) is 25.3 Å². The van der Waals surface area contributed by atoms with Crippen LogP contribution in [0.15, 0.2) is 35.3 Å². The molecule has 1 N–H and O–H groups in total. The van der Waals surface area contributed by atoms with Crippen molar-refractivity contribution in [2.45, 2.75) is 37.3 Å². The summed E-state index contributed by atoms with van der Waals surface area (Å²) in [4.78, 5) is 17.0. The van der Waals surface area contributed by atoms with Crippen LogP contribution in [-0.4, -0.2) is 35.0 Å². The highest BCUT2D eigenvalue weighted by atomic mass is 16.5. The van der Waals surface area contributed by atoms with Crippen molar-refractivity contribution in [1.29, 1.82) is 0 Å². The largest absolute Gasteiger partial charge is 0.467 e. The summed E-state index contributed by atoms with van der Waals surface area (Å²) in [5, 5.41) is 11.1. The number of rotatable bonds is 2. The molecular formula is C16H19NO3. The molecule has 0 spiro atoms. The molecule has 1 heterocycles. The van der Waals surface area contributed by atoms with E-state index >= 15 is 0 Å². The molecule has 1 fully saturated rings. The van der Waals surface area contributed by atoms with Gasteiger partial charge < -0.3 is 9.84 Å². The van der Waals surface area contributed by atoms with Gasteiger partial charge in [-0.3, -0.25) is 4.99 Å². The Hall–Kier alpha value is -1.68. The fraction of sp³-hybridized carbons (Fsp3) is 0.500. The Morgan fingerprint density at radius 3 is 2.75 bits per heavy atom. The first-order chi connectivity index (χ1) is 9.52. The molecule has 2 aliphatic rings. The van der Waals surface area contributed by atoms with Crippen molar-refractivity contribution >= 4 is 11.7 Å². The van der Waals surface area contributed by atoms with E-state index in [9.17, 15) is 9.90 Å². The summed E-state index contributed by atoms with van der Waals surface area (Å²) >= 11 is 0. The van der Waals surface area contributed by atoms with Crippen molar-refractivity contribution in [3.05, 3.63) is 35.9 Å². The molecule has 0 amide bonds. The second-order valence-corrected chi connectivity index (χ2v) is 5.89. The number of fused-ring (bicyclic) bond motifs is 1. The Morgan fingerprint density at radius 2 is 2.10 bits per heavy atom. The standard InChI is InChI=1S/C16H19NO3/c1-15-10-6-9-12(15)16(19,14(18)20-2)13(17-15)11-7-4-3-5-8-11/h3-5,7-8,12,19H,6,9-10H2,1-2H3. The lowest BCUT2D eigenvalue weighted by Gasteiger charge is -2.31. The fourth-order valence-electron chi connectivity index (χ4n) is 3.72. The summed E-state index contributed by atoms with van der Waals surface area (Å²) in [5.74, 6) is -0.798. The highest BCUT2D eigenvalue weighted by Crippen LogP contribution is 2.51. The Kier molecular flexibility index (Phi) is 2.94. The molecule has 1 aromatic rings. The maximum atomic E-state index is 12.3. The monoisotopic (exact) mass is 273 g/mol. The maximum absolute atomic E-state index is 12.3. The lowest BCUT2D eigenvalue weighted by atomic mass is 9.76. The summed E-state index contributed by atoms with van der Waals surface area (Å²) in [7, 11) is 1.31. The van der Waals surface area contributed by atoms with Gasteiger partial charge in [-0.2, -0.15) is 0 Å². The van der Waals surface area contributed by atoms with Crippen molar-refractivity contribution in [3.8, 4) is 0 Å². The molecule has 3 rings (SSSR count). The SMILES string of the molecule is COC(=O)C1(O)C(c2ccccc2)=NC2(C)CCCC21. The number of hydrogen-bond donors (Lipinski definition) is 1. The lowest BCUT2D eigenvalue weighted by Crippen LogP contribution is -2.53. The second kappa shape index (κ2) is 4.42. The molecule has 4 heteroatoms. The maximum Gasteiger partial charge on any atom is 0.344 e. The zero-order valence-electron chi connectivity index (χ0n) is 11.8. The van der Waals surface area contributed by atoms with Crippen LogP contribution in [0.5, 0.6) is 0 Å². The van der Waals surface area contributed by atoms with Crippen molar-refractivity contribution in [2.24, 2.45) is 10.9 Å². The average molecular weight is 273 g/mol. The minimum Gasteiger partial charge on any atom is -0.467 e. The third-order valence-electron chi connectivity index (χ3n) is 4.70. The van der Waals surface area contributed by atoms with E-state index in [1.54, 1.807) is 0 Å².